The lowest BCUT2D eigenvalue weighted by Crippen LogP contribution is -2.47. The van der Waals surface area contributed by atoms with Crippen molar-refractivity contribution in [3.05, 3.63) is 11.9 Å². The zero-order valence-electron chi connectivity index (χ0n) is 16.1. The molecule has 0 aromatic carbocycles. The summed E-state index contributed by atoms with van der Waals surface area (Å²) in [7, 11) is 0. The highest BCUT2D eigenvalue weighted by Crippen LogP contribution is 2.34. The summed E-state index contributed by atoms with van der Waals surface area (Å²) in [5.74, 6) is -1.33. The van der Waals surface area contributed by atoms with Gasteiger partial charge in [-0.05, 0) is 46.0 Å². The Balaban J connectivity index is 2.14. The minimum atomic E-state index is -1.14. The molecule has 3 N–H and O–H groups in total. The third-order valence-electron chi connectivity index (χ3n) is 5.54. The van der Waals surface area contributed by atoms with Crippen LogP contribution in [-0.2, 0) is 21.7 Å². The van der Waals surface area contributed by atoms with E-state index in [0.29, 0.717) is 25.1 Å². The van der Waals surface area contributed by atoms with E-state index >= 15 is 0 Å². The van der Waals surface area contributed by atoms with Crippen LogP contribution in [-0.4, -0.2) is 42.7 Å². The zero-order chi connectivity index (χ0) is 19.6. The molecule has 0 radical (unpaired) electrons. The summed E-state index contributed by atoms with van der Waals surface area (Å²) < 4.78 is 1.63. The van der Waals surface area contributed by atoms with Gasteiger partial charge >= 0.3 is 5.97 Å². The number of aliphatic hydroxyl groups is 1. The van der Waals surface area contributed by atoms with Gasteiger partial charge in [-0.25, -0.2) is 4.68 Å². The van der Waals surface area contributed by atoms with Crippen LogP contribution in [0, 0.1) is 5.41 Å². The van der Waals surface area contributed by atoms with E-state index in [2.05, 4.69) is 15.6 Å². The summed E-state index contributed by atoms with van der Waals surface area (Å²) in [6, 6.07) is 0. The van der Waals surface area contributed by atoms with Crippen molar-refractivity contribution in [2.24, 2.45) is 5.41 Å². The fraction of sp³-hybridized carbons (Fsp3) is 0.778. The predicted molar refractivity (Wildman–Crippen MR) is 95.3 cm³/mol. The Morgan fingerprint density at radius 3 is 2.38 bits per heavy atom. The van der Waals surface area contributed by atoms with Gasteiger partial charge in [0.1, 0.15) is 5.69 Å². The van der Waals surface area contributed by atoms with Crippen molar-refractivity contribution in [3.63, 3.8) is 0 Å². The molecule has 0 atom stereocenters. The van der Waals surface area contributed by atoms with Crippen LogP contribution in [0.5, 0.6) is 0 Å². The van der Waals surface area contributed by atoms with E-state index in [9.17, 15) is 19.8 Å². The third-order valence-corrected chi connectivity index (χ3v) is 5.54. The van der Waals surface area contributed by atoms with Crippen LogP contribution in [0.25, 0.3) is 0 Å². The summed E-state index contributed by atoms with van der Waals surface area (Å²) in [5.41, 5.74) is -1.91. The lowest BCUT2D eigenvalue weighted by Gasteiger charge is -2.36. The molecular weight excluding hydrogens is 336 g/mol. The third kappa shape index (κ3) is 4.23. The molecule has 0 bridgehead atoms. The van der Waals surface area contributed by atoms with Gasteiger partial charge in [-0.3, -0.25) is 9.59 Å². The van der Waals surface area contributed by atoms with Gasteiger partial charge in [-0.15, -0.1) is 5.10 Å². The van der Waals surface area contributed by atoms with Crippen molar-refractivity contribution >= 4 is 11.9 Å². The first-order valence-electron chi connectivity index (χ1n) is 9.23. The summed E-state index contributed by atoms with van der Waals surface area (Å²) >= 11 is 0. The van der Waals surface area contributed by atoms with Crippen molar-refractivity contribution in [3.8, 4) is 0 Å². The van der Waals surface area contributed by atoms with Crippen LogP contribution in [0.1, 0.15) is 71.9 Å². The molecule has 8 nitrogen and oxygen atoms in total. The Morgan fingerprint density at radius 1 is 1.31 bits per heavy atom. The predicted octanol–water partition coefficient (Wildman–Crippen LogP) is 1.83. The topological polar surface area (TPSA) is 117 Å². The normalized spacial score (nSPS) is 16.8. The number of aromatic nitrogens is 3. The number of carbonyl (C=O) groups is 2. The standard InChI is InChI=1S/C18H30N4O4/c1-5-18(6-2,19-14(23)10-16(3,4)15(24)25)13-11-22(21-20-13)12-17(26)8-7-9-17/h11,26H,5-10,12H2,1-4H3,(H,19,23)(H,24,25). The molecule has 0 aliphatic heterocycles. The maximum Gasteiger partial charge on any atom is 0.309 e. The van der Waals surface area contributed by atoms with Crippen LogP contribution in [0.2, 0.25) is 0 Å². The van der Waals surface area contributed by atoms with Gasteiger partial charge in [-0.1, -0.05) is 19.1 Å². The van der Waals surface area contributed by atoms with Gasteiger partial charge in [0.15, 0.2) is 0 Å². The average molecular weight is 366 g/mol. The summed E-state index contributed by atoms with van der Waals surface area (Å²) in [4.78, 5) is 23.8. The molecule has 0 spiro atoms. The number of hydrogen-bond donors (Lipinski definition) is 3. The minimum absolute atomic E-state index is 0.113. The Bertz CT molecular complexity index is 660. The number of carbonyl (C=O) groups excluding carboxylic acids is 1. The van der Waals surface area contributed by atoms with Crippen LogP contribution < -0.4 is 5.32 Å². The Labute approximate surface area is 154 Å². The highest BCUT2D eigenvalue weighted by atomic mass is 16.4. The van der Waals surface area contributed by atoms with Crippen molar-refractivity contribution in [2.45, 2.75) is 83.9 Å². The zero-order valence-corrected chi connectivity index (χ0v) is 16.1. The van der Waals surface area contributed by atoms with E-state index in [1.54, 1.807) is 10.9 Å². The number of aliphatic carboxylic acids is 1. The second-order valence-electron chi connectivity index (χ2n) is 8.08. The highest BCUT2D eigenvalue weighted by molar-refractivity contribution is 5.84. The van der Waals surface area contributed by atoms with E-state index in [1.807, 2.05) is 13.8 Å². The lowest BCUT2D eigenvalue weighted by atomic mass is 9.80. The molecule has 1 aromatic heterocycles. The van der Waals surface area contributed by atoms with Crippen LogP contribution in [0.3, 0.4) is 0 Å². The molecule has 1 aromatic rings. The highest BCUT2D eigenvalue weighted by Gasteiger charge is 2.38. The van der Waals surface area contributed by atoms with E-state index in [4.69, 9.17) is 0 Å². The van der Waals surface area contributed by atoms with Crippen molar-refractivity contribution in [1.29, 1.82) is 0 Å². The first-order valence-corrected chi connectivity index (χ1v) is 9.23. The number of amides is 1. The number of rotatable bonds is 9. The Morgan fingerprint density at radius 2 is 1.92 bits per heavy atom. The van der Waals surface area contributed by atoms with Crippen LogP contribution in [0.4, 0.5) is 0 Å². The minimum Gasteiger partial charge on any atom is -0.481 e. The van der Waals surface area contributed by atoms with Gasteiger partial charge < -0.3 is 15.5 Å². The van der Waals surface area contributed by atoms with Crippen molar-refractivity contribution < 1.29 is 19.8 Å². The molecule has 26 heavy (non-hydrogen) atoms. The van der Waals surface area contributed by atoms with E-state index in [-0.39, 0.29) is 12.3 Å². The number of nitrogens with one attached hydrogen (secondary N) is 1. The second-order valence-corrected chi connectivity index (χ2v) is 8.08. The van der Waals surface area contributed by atoms with Gasteiger partial charge in [0.2, 0.25) is 5.91 Å². The molecule has 1 fully saturated rings. The first-order chi connectivity index (χ1) is 12.1. The maximum atomic E-state index is 12.5. The number of hydrogen-bond acceptors (Lipinski definition) is 5. The number of nitrogens with zero attached hydrogens (tertiary/aromatic N) is 3. The monoisotopic (exact) mass is 366 g/mol. The molecule has 0 saturated heterocycles. The lowest BCUT2D eigenvalue weighted by molar-refractivity contribution is -0.149. The van der Waals surface area contributed by atoms with Crippen LogP contribution in [0.15, 0.2) is 6.20 Å². The molecule has 1 amide bonds. The fourth-order valence-corrected chi connectivity index (χ4v) is 3.28. The molecule has 1 aliphatic rings. The fourth-order valence-electron chi connectivity index (χ4n) is 3.28. The SMILES string of the molecule is CCC(CC)(NC(=O)CC(C)(C)C(=O)O)c1cn(CC2(O)CCC2)nn1. The van der Waals surface area contributed by atoms with Crippen molar-refractivity contribution in [1.82, 2.24) is 20.3 Å². The van der Waals surface area contributed by atoms with Gasteiger partial charge in [0.05, 0.1) is 29.3 Å². The first kappa shape index (κ1) is 20.4. The molecule has 2 rings (SSSR count). The molecule has 1 aliphatic carbocycles. The summed E-state index contributed by atoms with van der Waals surface area (Å²) in [5, 5.41) is 30.9. The Kier molecular flexibility index (Phi) is 5.75. The molecule has 1 saturated carbocycles. The van der Waals surface area contributed by atoms with E-state index in [0.717, 1.165) is 19.3 Å². The second kappa shape index (κ2) is 7.34. The van der Waals surface area contributed by atoms with E-state index < -0.39 is 22.5 Å². The molecule has 1 heterocycles. The summed E-state index contributed by atoms with van der Waals surface area (Å²) in [6.45, 7) is 7.35. The van der Waals surface area contributed by atoms with Gasteiger partial charge in [0.25, 0.3) is 0 Å². The van der Waals surface area contributed by atoms with Gasteiger partial charge in [0, 0.05) is 6.42 Å². The molecular formula is C18H30N4O4. The summed E-state index contributed by atoms with van der Waals surface area (Å²) in [6.07, 6.45) is 5.40. The smallest absolute Gasteiger partial charge is 0.309 e. The number of carboxylic acid groups (broad SMARTS) is 1. The maximum absolute atomic E-state index is 12.5. The Hall–Kier alpha value is -1.96. The van der Waals surface area contributed by atoms with Crippen molar-refractivity contribution in [2.75, 3.05) is 0 Å². The largest absolute Gasteiger partial charge is 0.481 e. The molecule has 0 unspecified atom stereocenters. The molecule has 146 valence electrons. The van der Waals surface area contributed by atoms with E-state index in [1.165, 1.54) is 13.8 Å². The van der Waals surface area contributed by atoms with Gasteiger partial charge in [-0.2, -0.15) is 0 Å². The quantitative estimate of drug-likeness (QED) is 0.614. The average Bonchev–Trinajstić information content (AvgIpc) is 2.99. The number of carboxylic acids is 1. The van der Waals surface area contributed by atoms with Crippen LogP contribution >= 0.6 is 0 Å². The molecule has 8 heteroatoms.